The third kappa shape index (κ3) is 7.47. The maximum Gasteiger partial charge on any atom is 0.441 e. The van der Waals surface area contributed by atoms with Gasteiger partial charge < -0.3 is 5.32 Å². The molecule has 0 spiro atoms. The largest absolute Gasteiger partial charge is 0.441 e. The minimum Gasteiger partial charge on any atom is -0.309 e. The molecular weight excluding hydrogens is 271 g/mol. The first-order valence-electron chi connectivity index (χ1n) is 6.52. The third-order valence-corrected chi connectivity index (χ3v) is 3.54. The van der Waals surface area contributed by atoms with Crippen LogP contribution in [-0.2, 0) is 0 Å². The average Bonchev–Trinajstić information content (AvgIpc) is 2.38. The van der Waals surface area contributed by atoms with E-state index in [2.05, 4.69) is 12.2 Å². The van der Waals surface area contributed by atoms with Crippen molar-refractivity contribution < 1.29 is 13.2 Å². The van der Waals surface area contributed by atoms with Gasteiger partial charge in [-0.25, -0.2) is 0 Å². The Morgan fingerprint density at radius 1 is 1.21 bits per heavy atom. The highest BCUT2D eigenvalue weighted by Gasteiger charge is 2.27. The monoisotopic (exact) mass is 291 g/mol. The molecule has 0 radical (unpaired) electrons. The van der Waals surface area contributed by atoms with E-state index in [0.717, 1.165) is 24.8 Å². The van der Waals surface area contributed by atoms with Gasteiger partial charge in [-0.1, -0.05) is 50.1 Å². The van der Waals surface area contributed by atoms with Gasteiger partial charge in [-0.05, 0) is 23.7 Å². The van der Waals surface area contributed by atoms with Crippen LogP contribution in [0.1, 0.15) is 37.8 Å². The number of unbranched alkanes of at least 4 members (excludes halogenated alkanes) is 1. The van der Waals surface area contributed by atoms with Gasteiger partial charge in [-0.15, -0.1) is 0 Å². The molecule has 0 saturated carbocycles. The van der Waals surface area contributed by atoms with E-state index in [1.165, 1.54) is 0 Å². The summed E-state index contributed by atoms with van der Waals surface area (Å²) in [4.78, 5) is 0. The highest BCUT2D eigenvalue weighted by atomic mass is 32.2. The summed E-state index contributed by atoms with van der Waals surface area (Å²) < 4.78 is 36.1. The second-order valence-corrected chi connectivity index (χ2v) is 5.51. The smallest absolute Gasteiger partial charge is 0.309 e. The molecule has 1 aromatic carbocycles. The van der Waals surface area contributed by atoms with Crippen molar-refractivity contribution in [2.45, 2.75) is 37.7 Å². The van der Waals surface area contributed by atoms with Crippen molar-refractivity contribution in [1.82, 2.24) is 5.32 Å². The Hall–Kier alpha value is -0.680. The predicted molar refractivity (Wildman–Crippen MR) is 75.2 cm³/mol. The molecule has 108 valence electrons. The van der Waals surface area contributed by atoms with Crippen LogP contribution < -0.4 is 5.32 Å². The zero-order valence-electron chi connectivity index (χ0n) is 11.0. The normalized spacial score (nSPS) is 13.5. The van der Waals surface area contributed by atoms with Crippen LogP contribution in [0.15, 0.2) is 30.3 Å². The molecule has 0 aromatic heterocycles. The van der Waals surface area contributed by atoms with E-state index in [-0.39, 0.29) is 23.6 Å². The van der Waals surface area contributed by atoms with Gasteiger partial charge in [-0.2, -0.15) is 13.2 Å². The molecule has 19 heavy (non-hydrogen) atoms. The molecule has 0 amide bonds. The fourth-order valence-electron chi connectivity index (χ4n) is 1.88. The molecule has 1 N–H and O–H groups in total. The molecule has 0 heterocycles. The second-order valence-electron chi connectivity index (χ2n) is 4.35. The fourth-order valence-corrected chi connectivity index (χ4v) is 2.33. The summed E-state index contributed by atoms with van der Waals surface area (Å²) in [5, 5.41) is 3.22. The van der Waals surface area contributed by atoms with Gasteiger partial charge in [0.05, 0.1) is 0 Å². The number of hydrogen-bond acceptors (Lipinski definition) is 2. The Kier molecular flexibility index (Phi) is 7.31. The molecule has 0 aliphatic carbocycles. The van der Waals surface area contributed by atoms with Crippen LogP contribution in [0, 0.1) is 0 Å². The quantitative estimate of drug-likeness (QED) is 0.693. The molecule has 1 atom stereocenters. The summed E-state index contributed by atoms with van der Waals surface area (Å²) in [5.41, 5.74) is -2.99. The van der Waals surface area contributed by atoms with Crippen LogP contribution in [0.4, 0.5) is 13.2 Å². The Morgan fingerprint density at radius 2 is 1.89 bits per heavy atom. The molecular formula is C14H20F3NS. The number of hydrogen-bond donors (Lipinski definition) is 1. The third-order valence-electron chi connectivity index (χ3n) is 2.81. The van der Waals surface area contributed by atoms with Gasteiger partial charge in [0.15, 0.2) is 0 Å². The average molecular weight is 291 g/mol. The van der Waals surface area contributed by atoms with Crippen molar-refractivity contribution in [3.63, 3.8) is 0 Å². The molecule has 0 aliphatic heterocycles. The minimum atomic E-state index is -4.13. The molecule has 5 heteroatoms. The maximum absolute atomic E-state index is 12.0. The van der Waals surface area contributed by atoms with Crippen molar-refractivity contribution in [2.75, 3.05) is 12.3 Å². The van der Waals surface area contributed by atoms with Crippen molar-refractivity contribution in [3.05, 3.63) is 35.9 Å². The molecule has 0 saturated heterocycles. The first kappa shape index (κ1) is 16.4. The van der Waals surface area contributed by atoms with E-state index in [4.69, 9.17) is 0 Å². The van der Waals surface area contributed by atoms with Crippen LogP contribution in [-0.4, -0.2) is 17.8 Å². The Balaban J connectivity index is 2.42. The highest BCUT2D eigenvalue weighted by Crippen LogP contribution is 2.29. The molecule has 1 rings (SSSR count). The van der Waals surface area contributed by atoms with E-state index >= 15 is 0 Å². The van der Waals surface area contributed by atoms with Crippen molar-refractivity contribution >= 4 is 11.8 Å². The Bertz CT molecular complexity index is 340. The van der Waals surface area contributed by atoms with Crippen molar-refractivity contribution in [2.24, 2.45) is 0 Å². The second kappa shape index (κ2) is 8.48. The van der Waals surface area contributed by atoms with Crippen LogP contribution in [0.5, 0.6) is 0 Å². The van der Waals surface area contributed by atoms with E-state index in [0.29, 0.717) is 6.54 Å². The Labute approximate surface area is 117 Å². The van der Waals surface area contributed by atoms with Crippen LogP contribution in [0.2, 0.25) is 0 Å². The van der Waals surface area contributed by atoms with Crippen LogP contribution >= 0.6 is 11.8 Å². The first-order valence-corrected chi connectivity index (χ1v) is 7.50. The van der Waals surface area contributed by atoms with Gasteiger partial charge in [0, 0.05) is 18.3 Å². The predicted octanol–water partition coefficient (Wildman–Crippen LogP) is 4.76. The molecule has 0 aliphatic rings. The van der Waals surface area contributed by atoms with Crippen molar-refractivity contribution in [1.29, 1.82) is 0 Å². The summed E-state index contributed by atoms with van der Waals surface area (Å²) >= 11 is 0.0321. The topological polar surface area (TPSA) is 12.0 Å². The fraction of sp³-hybridized carbons (Fsp3) is 0.571. The highest BCUT2D eigenvalue weighted by molar-refractivity contribution is 8.00. The van der Waals surface area contributed by atoms with Gasteiger partial charge in [0.1, 0.15) is 0 Å². The summed E-state index contributed by atoms with van der Waals surface area (Å²) in [7, 11) is 0. The van der Waals surface area contributed by atoms with E-state index in [1.807, 2.05) is 30.3 Å². The summed E-state index contributed by atoms with van der Waals surface area (Å²) in [5.74, 6) is 0.0545. The van der Waals surface area contributed by atoms with Gasteiger partial charge in [0.2, 0.25) is 0 Å². The standard InChI is InChI=1S/C14H20F3NS/c1-2-3-9-13(12-7-5-4-6-8-12)18-10-11-19-14(15,16)17/h4-8,13,18H,2-3,9-11H2,1H3. The lowest BCUT2D eigenvalue weighted by molar-refractivity contribution is -0.0327. The molecule has 0 fully saturated rings. The maximum atomic E-state index is 12.0. The number of alkyl halides is 3. The number of nitrogens with one attached hydrogen (secondary N) is 1. The van der Waals surface area contributed by atoms with Gasteiger partial charge >= 0.3 is 5.51 Å². The van der Waals surface area contributed by atoms with E-state index in [9.17, 15) is 13.2 Å². The summed E-state index contributed by atoms with van der Waals surface area (Å²) in [6, 6.07) is 10.0. The number of benzene rings is 1. The molecule has 1 nitrogen and oxygen atoms in total. The van der Waals surface area contributed by atoms with Crippen LogP contribution in [0.25, 0.3) is 0 Å². The Morgan fingerprint density at radius 3 is 2.47 bits per heavy atom. The van der Waals surface area contributed by atoms with Crippen molar-refractivity contribution in [3.8, 4) is 0 Å². The van der Waals surface area contributed by atoms with Gasteiger partial charge in [0.25, 0.3) is 0 Å². The van der Waals surface area contributed by atoms with Gasteiger partial charge in [-0.3, -0.25) is 0 Å². The lowest BCUT2D eigenvalue weighted by Crippen LogP contribution is -2.24. The number of thioether (sulfide) groups is 1. The summed E-state index contributed by atoms with van der Waals surface area (Å²) in [6.45, 7) is 2.48. The molecule has 1 aromatic rings. The van der Waals surface area contributed by atoms with Crippen LogP contribution in [0.3, 0.4) is 0 Å². The summed E-state index contributed by atoms with van der Waals surface area (Å²) in [6.07, 6.45) is 3.11. The zero-order valence-corrected chi connectivity index (χ0v) is 11.9. The van der Waals surface area contributed by atoms with E-state index in [1.54, 1.807) is 0 Å². The molecule has 1 unspecified atom stereocenters. The van der Waals surface area contributed by atoms with E-state index < -0.39 is 5.51 Å². The first-order chi connectivity index (χ1) is 9.03. The zero-order chi connectivity index (χ0) is 14.1. The SMILES string of the molecule is CCCCC(NCCSC(F)(F)F)c1ccccc1. The lowest BCUT2D eigenvalue weighted by Gasteiger charge is -2.19. The molecule has 0 bridgehead atoms. The number of rotatable bonds is 8. The minimum absolute atomic E-state index is 0.0321. The lowest BCUT2D eigenvalue weighted by atomic mass is 10.0. The number of halogens is 3.